The first-order valence-electron chi connectivity index (χ1n) is 15.1. The van der Waals surface area contributed by atoms with E-state index in [4.69, 9.17) is 10.1 Å². The number of aryl methyl sites for hydroxylation is 1. The van der Waals surface area contributed by atoms with E-state index in [9.17, 15) is 0 Å². The van der Waals surface area contributed by atoms with Gasteiger partial charge in [0.05, 0.1) is 26.7 Å². The lowest BCUT2D eigenvalue weighted by Crippen LogP contribution is -2.38. The minimum absolute atomic E-state index is 0.653. The predicted molar refractivity (Wildman–Crippen MR) is 185 cm³/mol. The van der Waals surface area contributed by atoms with Crippen molar-refractivity contribution in [1.82, 2.24) is 19.2 Å². The zero-order valence-corrected chi connectivity index (χ0v) is 26.6. The lowest BCUT2D eigenvalue weighted by Gasteiger charge is -2.36. The summed E-state index contributed by atoms with van der Waals surface area (Å²) in [5.74, 6) is 1.16. The topological polar surface area (TPSA) is 35.1 Å². The van der Waals surface area contributed by atoms with Crippen LogP contribution in [-0.2, 0) is 5.54 Å². The Balaban J connectivity index is 1.36. The third kappa shape index (κ3) is 5.08. The Morgan fingerprint density at radius 3 is 2.00 bits per heavy atom. The van der Waals surface area contributed by atoms with Crippen molar-refractivity contribution in [1.29, 1.82) is 0 Å². The molecule has 0 amide bonds. The number of hydrogen-bond donors (Lipinski definition) is 0. The third-order valence-electron chi connectivity index (χ3n) is 8.21. The number of benzene rings is 3. The van der Waals surface area contributed by atoms with Crippen LogP contribution in [0.1, 0.15) is 42.1 Å². The van der Waals surface area contributed by atoms with Crippen LogP contribution in [0.25, 0.3) is 27.3 Å². The summed E-state index contributed by atoms with van der Waals surface area (Å²) >= 11 is 3.79. The Morgan fingerprint density at radius 1 is 0.750 bits per heavy atom. The minimum atomic E-state index is -0.653. The predicted octanol–water partition coefficient (Wildman–Crippen LogP) is 9.97. The highest BCUT2D eigenvalue weighted by atomic mass is 32.2. The molecular formula is C38H34N4S2. The van der Waals surface area contributed by atoms with E-state index in [0.717, 1.165) is 50.6 Å². The molecule has 6 heteroatoms. The monoisotopic (exact) mass is 610 g/mol. The third-order valence-corrected chi connectivity index (χ3v) is 10.6. The average Bonchev–Trinajstić information content (AvgIpc) is 3.81. The molecule has 0 spiro atoms. The molecular weight excluding hydrogens is 577 g/mol. The van der Waals surface area contributed by atoms with Gasteiger partial charge in [-0.05, 0) is 60.1 Å². The number of rotatable bonds is 10. The quantitative estimate of drug-likeness (QED) is 0.0878. The first-order valence-corrected chi connectivity index (χ1v) is 16.9. The molecule has 4 aromatic heterocycles. The smallest absolute Gasteiger partial charge is 0.138 e. The molecule has 44 heavy (non-hydrogen) atoms. The SMILES string of the molecule is CCCCSc1ccc(-c2cnc3ccc(-c4cn(C(c5ccccc5)(c5ccccc5)c5ccccc5)nc4C)cn23)s1. The summed E-state index contributed by atoms with van der Waals surface area (Å²) in [5.41, 5.74) is 8.06. The van der Waals surface area contributed by atoms with Crippen molar-refractivity contribution in [3.8, 4) is 21.7 Å². The summed E-state index contributed by atoms with van der Waals surface area (Å²) in [6.07, 6.45) is 8.88. The lowest BCUT2D eigenvalue weighted by molar-refractivity contribution is 0.458. The maximum absolute atomic E-state index is 5.27. The molecule has 4 nitrogen and oxygen atoms in total. The minimum Gasteiger partial charge on any atom is -0.298 e. The van der Waals surface area contributed by atoms with E-state index in [1.807, 2.05) is 29.3 Å². The molecule has 0 N–H and O–H groups in total. The van der Waals surface area contributed by atoms with Crippen LogP contribution in [0.5, 0.6) is 0 Å². The standard InChI is InChI=1S/C38H34N4S2/c1-3-4-24-43-37-23-21-35(44-37)34-25-39-36-22-20-29(26-41(34)36)33-27-42(40-28(33)2)38(30-14-8-5-9-15-30,31-16-10-6-11-17-31)32-18-12-7-13-19-32/h5-23,25-27H,3-4,24H2,1-2H3. The van der Waals surface area contributed by atoms with Gasteiger partial charge in [0, 0.05) is 23.5 Å². The summed E-state index contributed by atoms with van der Waals surface area (Å²) in [6.45, 7) is 4.35. The molecule has 3 aromatic carbocycles. The molecule has 0 aliphatic rings. The van der Waals surface area contributed by atoms with Gasteiger partial charge in [0.2, 0.25) is 0 Å². The fourth-order valence-electron chi connectivity index (χ4n) is 6.02. The van der Waals surface area contributed by atoms with Crippen molar-refractivity contribution in [2.45, 2.75) is 36.4 Å². The van der Waals surface area contributed by atoms with Gasteiger partial charge in [0.1, 0.15) is 11.2 Å². The molecule has 218 valence electrons. The molecule has 4 heterocycles. The number of nitrogens with zero attached hydrogens (tertiary/aromatic N) is 4. The zero-order valence-electron chi connectivity index (χ0n) is 24.9. The maximum Gasteiger partial charge on any atom is 0.138 e. The highest BCUT2D eigenvalue weighted by Gasteiger charge is 2.39. The second-order valence-corrected chi connectivity index (χ2v) is 13.5. The largest absolute Gasteiger partial charge is 0.298 e. The summed E-state index contributed by atoms with van der Waals surface area (Å²) in [5, 5.41) is 5.27. The number of pyridine rings is 1. The summed E-state index contributed by atoms with van der Waals surface area (Å²) in [7, 11) is 0. The Kier molecular flexibility index (Phi) is 7.94. The number of thiophene rings is 1. The summed E-state index contributed by atoms with van der Waals surface area (Å²) in [4.78, 5) is 5.98. The molecule has 0 aliphatic carbocycles. The number of aromatic nitrogens is 4. The van der Waals surface area contributed by atoms with Crippen LogP contribution in [0.4, 0.5) is 0 Å². The highest BCUT2D eigenvalue weighted by Crippen LogP contribution is 2.42. The molecule has 0 saturated carbocycles. The summed E-state index contributed by atoms with van der Waals surface area (Å²) in [6, 6.07) is 40.9. The van der Waals surface area contributed by atoms with Gasteiger partial charge in [-0.1, -0.05) is 104 Å². The molecule has 0 fully saturated rings. The summed E-state index contributed by atoms with van der Waals surface area (Å²) < 4.78 is 5.74. The molecule has 0 atom stereocenters. The van der Waals surface area contributed by atoms with E-state index in [0.29, 0.717) is 0 Å². The van der Waals surface area contributed by atoms with Crippen LogP contribution >= 0.6 is 23.1 Å². The normalized spacial score (nSPS) is 11.8. The van der Waals surface area contributed by atoms with Crippen LogP contribution in [0, 0.1) is 6.92 Å². The van der Waals surface area contributed by atoms with Gasteiger partial charge in [-0.3, -0.25) is 9.08 Å². The lowest BCUT2D eigenvalue weighted by atomic mass is 9.77. The van der Waals surface area contributed by atoms with Gasteiger partial charge in [0.15, 0.2) is 0 Å². The van der Waals surface area contributed by atoms with E-state index in [1.165, 1.54) is 21.9 Å². The fourth-order valence-corrected chi connectivity index (χ4v) is 8.32. The Morgan fingerprint density at radius 2 is 1.39 bits per heavy atom. The Bertz CT molecular complexity index is 1890. The number of hydrogen-bond acceptors (Lipinski definition) is 4. The van der Waals surface area contributed by atoms with Gasteiger partial charge in [-0.25, -0.2) is 4.98 Å². The molecule has 0 saturated heterocycles. The van der Waals surface area contributed by atoms with Gasteiger partial charge >= 0.3 is 0 Å². The van der Waals surface area contributed by atoms with E-state index in [2.05, 4.69) is 151 Å². The van der Waals surface area contributed by atoms with Crippen molar-refractivity contribution >= 4 is 28.7 Å². The van der Waals surface area contributed by atoms with Gasteiger partial charge in [-0.2, -0.15) is 5.10 Å². The van der Waals surface area contributed by atoms with E-state index in [-0.39, 0.29) is 0 Å². The second-order valence-electron chi connectivity index (χ2n) is 11.0. The average molecular weight is 611 g/mol. The molecule has 0 unspecified atom stereocenters. The van der Waals surface area contributed by atoms with Crippen molar-refractivity contribution < 1.29 is 0 Å². The van der Waals surface area contributed by atoms with Gasteiger partial charge in [0.25, 0.3) is 0 Å². The Labute approximate surface area is 267 Å². The molecule has 0 aliphatic heterocycles. The van der Waals surface area contributed by atoms with Gasteiger partial charge < -0.3 is 0 Å². The first-order chi connectivity index (χ1) is 21.7. The van der Waals surface area contributed by atoms with Crippen molar-refractivity contribution in [2.24, 2.45) is 0 Å². The zero-order chi connectivity index (χ0) is 29.9. The molecule has 0 radical (unpaired) electrons. The molecule has 7 aromatic rings. The fraction of sp³-hybridized carbons (Fsp3) is 0.158. The maximum atomic E-state index is 5.27. The number of thioether (sulfide) groups is 1. The van der Waals surface area contributed by atoms with Crippen molar-refractivity contribution in [3.05, 3.63) is 156 Å². The van der Waals surface area contributed by atoms with Crippen LogP contribution in [-0.4, -0.2) is 24.9 Å². The van der Waals surface area contributed by atoms with Crippen molar-refractivity contribution in [2.75, 3.05) is 5.75 Å². The molecule has 7 rings (SSSR count). The second kappa shape index (κ2) is 12.3. The number of imidazole rings is 1. The van der Waals surface area contributed by atoms with Crippen LogP contribution in [0.2, 0.25) is 0 Å². The van der Waals surface area contributed by atoms with Crippen LogP contribution in [0.3, 0.4) is 0 Å². The van der Waals surface area contributed by atoms with E-state index in [1.54, 1.807) is 0 Å². The van der Waals surface area contributed by atoms with E-state index >= 15 is 0 Å². The Hall–Kier alpha value is -4.39. The number of unbranched alkanes of at least 4 members (excludes halogenated alkanes) is 1. The highest BCUT2D eigenvalue weighted by molar-refractivity contribution is 8.01. The molecule has 0 bridgehead atoms. The van der Waals surface area contributed by atoms with Crippen molar-refractivity contribution in [3.63, 3.8) is 0 Å². The first kappa shape index (κ1) is 28.4. The van der Waals surface area contributed by atoms with Crippen LogP contribution in [0.15, 0.2) is 138 Å². The van der Waals surface area contributed by atoms with Gasteiger partial charge in [-0.15, -0.1) is 23.1 Å². The van der Waals surface area contributed by atoms with E-state index < -0.39 is 5.54 Å². The number of fused-ring (bicyclic) bond motifs is 1. The van der Waals surface area contributed by atoms with Crippen LogP contribution < -0.4 is 0 Å².